The SMILES string of the molecule is COc1cc(OC)c(Br)c([C@H](O)CCCCO[Si](C)(C)C(C)(C)C)c1. The molecular formula is C19H33BrO4Si. The van der Waals surface area contributed by atoms with Crippen molar-refractivity contribution in [3.63, 3.8) is 0 Å². The second kappa shape index (κ2) is 9.40. The van der Waals surface area contributed by atoms with Crippen LogP contribution in [-0.4, -0.2) is 34.3 Å². The fourth-order valence-electron chi connectivity index (χ4n) is 2.24. The smallest absolute Gasteiger partial charge is 0.191 e. The zero-order chi connectivity index (χ0) is 19.3. The van der Waals surface area contributed by atoms with Crippen LogP contribution in [0.1, 0.15) is 51.7 Å². The van der Waals surface area contributed by atoms with Crippen molar-refractivity contribution in [3.05, 3.63) is 22.2 Å². The van der Waals surface area contributed by atoms with E-state index < -0.39 is 14.4 Å². The second-order valence-electron chi connectivity index (χ2n) is 7.85. The summed E-state index contributed by atoms with van der Waals surface area (Å²) in [5.74, 6) is 1.34. The van der Waals surface area contributed by atoms with Crippen molar-refractivity contribution >= 4 is 24.2 Å². The average Bonchev–Trinajstić information content (AvgIpc) is 2.53. The van der Waals surface area contributed by atoms with E-state index in [4.69, 9.17) is 13.9 Å². The van der Waals surface area contributed by atoms with Gasteiger partial charge < -0.3 is 19.0 Å². The van der Waals surface area contributed by atoms with E-state index in [1.807, 2.05) is 6.07 Å². The lowest BCUT2D eigenvalue weighted by atomic mass is 10.0. The molecule has 1 aromatic carbocycles. The van der Waals surface area contributed by atoms with E-state index in [0.29, 0.717) is 17.9 Å². The highest BCUT2D eigenvalue weighted by molar-refractivity contribution is 9.10. The first kappa shape index (κ1) is 22.5. The lowest BCUT2D eigenvalue weighted by molar-refractivity contribution is 0.158. The second-order valence-corrected chi connectivity index (χ2v) is 13.5. The molecule has 1 atom stereocenters. The van der Waals surface area contributed by atoms with E-state index in [1.54, 1.807) is 20.3 Å². The highest BCUT2D eigenvalue weighted by Gasteiger charge is 2.36. The Morgan fingerprint density at radius 2 is 1.76 bits per heavy atom. The van der Waals surface area contributed by atoms with Gasteiger partial charge in [0.1, 0.15) is 11.5 Å². The number of unbranched alkanes of at least 4 members (excludes halogenated alkanes) is 1. The van der Waals surface area contributed by atoms with Gasteiger partial charge in [-0.1, -0.05) is 20.8 Å². The molecule has 0 aliphatic rings. The van der Waals surface area contributed by atoms with E-state index in [1.165, 1.54) is 0 Å². The lowest BCUT2D eigenvalue weighted by Gasteiger charge is -2.36. The van der Waals surface area contributed by atoms with Crippen LogP contribution >= 0.6 is 15.9 Å². The quantitative estimate of drug-likeness (QED) is 0.401. The van der Waals surface area contributed by atoms with Gasteiger partial charge in [0.05, 0.1) is 24.8 Å². The molecule has 1 N–H and O–H groups in total. The average molecular weight is 433 g/mol. The molecule has 0 saturated heterocycles. The monoisotopic (exact) mass is 432 g/mol. The maximum Gasteiger partial charge on any atom is 0.191 e. The molecular weight excluding hydrogens is 400 g/mol. The number of rotatable bonds is 9. The van der Waals surface area contributed by atoms with Gasteiger partial charge in [-0.2, -0.15) is 0 Å². The Kier molecular flexibility index (Phi) is 8.45. The number of ether oxygens (including phenoxy) is 2. The molecule has 4 nitrogen and oxygen atoms in total. The molecule has 0 aliphatic carbocycles. The fraction of sp³-hybridized carbons (Fsp3) is 0.684. The molecule has 0 spiro atoms. The highest BCUT2D eigenvalue weighted by Crippen LogP contribution is 2.38. The van der Waals surface area contributed by atoms with Crippen LogP contribution in [0, 0.1) is 0 Å². The van der Waals surface area contributed by atoms with Crippen LogP contribution in [-0.2, 0) is 4.43 Å². The number of aliphatic hydroxyl groups excluding tert-OH is 1. The van der Waals surface area contributed by atoms with Crippen molar-refractivity contribution in [2.45, 2.75) is 64.3 Å². The Hall–Kier alpha value is -0.563. The summed E-state index contributed by atoms with van der Waals surface area (Å²) in [6.45, 7) is 12.0. The molecule has 0 saturated carbocycles. The van der Waals surface area contributed by atoms with Crippen molar-refractivity contribution in [1.29, 1.82) is 0 Å². The van der Waals surface area contributed by atoms with Gasteiger partial charge in [0.2, 0.25) is 0 Å². The molecule has 0 aromatic heterocycles. The van der Waals surface area contributed by atoms with Crippen LogP contribution in [0.3, 0.4) is 0 Å². The molecule has 0 unspecified atom stereocenters. The Morgan fingerprint density at radius 1 is 1.12 bits per heavy atom. The summed E-state index contributed by atoms with van der Waals surface area (Å²) in [6, 6.07) is 3.65. The maximum absolute atomic E-state index is 10.6. The Labute approximate surface area is 162 Å². The van der Waals surface area contributed by atoms with Crippen LogP contribution in [0.5, 0.6) is 11.5 Å². The van der Waals surface area contributed by atoms with Gasteiger partial charge in [0.25, 0.3) is 0 Å². The minimum atomic E-state index is -1.68. The summed E-state index contributed by atoms with van der Waals surface area (Å²) in [4.78, 5) is 0. The van der Waals surface area contributed by atoms with Gasteiger partial charge in [-0.3, -0.25) is 0 Å². The molecule has 144 valence electrons. The number of aliphatic hydroxyl groups is 1. The van der Waals surface area contributed by atoms with E-state index >= 15 is 0 Å². The predicted molar refractivity (Wildman–Crippen MR) is 109 cm³/mol. The van der Waals surface area contributed by atoms with E-state index in [0.717, 1.165) is 29.5 Å². The number of hydrogen-bond donors (Lipinski definition) is 1. The van der Waals surface area contributed by atoms with Gasteiger partial charge in [-0.25, -0.2) is 0 Å². The summed E-state index contributed by atoms with van der Waals surface area (Å²) >= 11 is 3.52. The third-order valence-corrected chi connectivity index (χ3v) is 10.4. The zero-order valence-electron chi connectivity index (χ0n) is 16.6. The van der Waals surface area contributed by atoms with Crippen molar-refractivity contribution < 1.29 is 19.0 Å². The molecule has 0 amide bonds. The van der Waals surface area contributed by atoms with Crippen LogP contribution < -0.4 is 9.47 Å². The molecule has 6 heteroatoms. The van der Waals surface area contributed by atoms with Gasteiger partial charge in [0, 0.05) is 18.2 Å². The van der Waals surface area contributed by atoms with Gasteiger partial charge >= 0.3 is 0 Å². The third kappa shape index (κ3) is 6.27. The number of methoxy groups -OCH3 is 2. The summed E-state index contributed by atoms with van der Waals surface area (Å²) in [5.41, 5.74) is 0.793. The molecule has 25 heavy (non-hydrogen) atoms. The third-order valence-electron chi connectivity index (χ3n) is 5.00. The van der Waals surface area contributed by atoms with Crippen LogP contribution in [0.15, 0.2) is 16.6 Å². The molecule has 1 aromatic rings. The maximum atomic E-state index is 10.6. The van der Waals surface area contributed by atoms with Crippen molar-refractivity contribution in [2.24, 2.45) is 0 Å². The minimum Gasteiger partial charge on any atom is -0.497 e. The normalized spacial score (nSPS) is 13.6. The Morgan fingerprint density at radius 3 is 2.28 bits per heavy atom. The van der Waals surface area contributed by atoms with E-state index in [-0.39, 0.29) is 5.04 Å². The van der Waals surface area contributed by atoms with Gasteiger partial charge in [-0.15, -0.1) is 0 Å². The zero-order valence-corrected chi connectivity index (χ0v) is 19.2. The predicted octanol–water partition coefficient (Wildman–Crippen LogP) is 5.69. The first-order valence-electron chi connectivity index (χ1n) is 8.77. The lowest BCUT2D eigenvalue weighted by Crippen LogP contribution is -2.40. The topological polar surface area (TPSA) is 47.9 Å². The molecule has 0 heterocycles. The molecule has 0 radical (unpaired) electrons. The summed E-state index contributed by atoms with van der Waals surface area (Å²) in [5, 5.41) is 10.8. The van der Waals surface area contributed by atoms with E-state index in [2.05, 4.69) is 49.8 Å². The first-order valence-corrected chi connectivity index (χ1v) is 12.5. The van der Waals surface area contributed by atoms with Crippen LogP contribution in [0.4, 0.5) is 0 Å². The van der Waals surface area contributed by atoms with Gasteiger partial charge in [0.15, 0.2) is 8.32 Å². The van der Waals surface area contributed by atoms with E-state index in [9.17, 15) is 5.11 Å². The highest BCUT2D eigenvalue weighted by atomic mass is 79.9. The molecule has 0 aliphatic heterocycles. The number of hydrogen-bond acceptors (Lipinski definition) is 4. The molecule has 1 rings (SSSR count). The van der Waals surface area contributed by atoms with Crippen LogP contribution in [0.25, 0.3) is 0 Å². The Balaban J connectivity index is 2.57. The van der Waals surface area contributed by atoms with Crippen molar-refractivity contribution in [2.75, 3.05) is 20.8 Å². The summed E-state index contributed by atoms with van der Waals surface area (Å²) in [7, 11) is 1.53. The summed E-state index contributed by atoms with van der Waals surface area (Å²) in [6.07, 6.45) is 1.96. The standard InChI is InChI=1S/C19H33BrO4Si/c1-19(2,3)25(6,7)24-11-9-8-10-16(21)15-12-14(22-4)13-17(23-5)18(15)20/h12-13,16,21H,8-11H2,1-7H3/t16-/m1/s1. The first-order chi connectivity index (χ1) is 11.5. The molecule has 0 bridgehead atoms. The fourth-order valence-corrected chi connectivity index (χ4v) is 3.98. The largest absolute Gasteiger partial charge is 0.497 e. The van der Waals surface area contributed by atoms with Crippen molar-refractivity contribution in [1.82, 2.24) is 0 Å². The number of benzene rings is 1. The van der Waals surface area contributed by atoms with Crippen molar-refractivity contribution in [3.8, 4) is 11.5 Å². The number of halogens is 1. The molecule has 0 fully saturated rings. The Bertz CT molecular complexity index is 555. The summed E-state index contributed by atoms with van der Waals surface area (Å²) < 4.78 is 17.6. The van der Waals surface area contributed by atoms with Crippen LogP contribution in [0.2, 0.25) is 18.1 Å². The van der Waals surface area contributed by atoms with Gasteiger partial charge in [-0.05, 0) is 59.4 Å². The minimum absolute atomic E-state index is 0.231.